The summed E-state index contributed by atoms with van der Waals surface area (Å²) in [5.41, 5.74) is 2.22. The van der Waals surface area contributed by atoms with E-state index in [4.69, 9.17) is 0 Å². The van der Waals surface area contributed by atoms with Gasteiger partial charge >= 0.3 is 0 Å². The molecule has 0 bridgehead atoms. The Kier molecular flexibility index (Phi) is 4.03. The minimum Gasteiger partial charge on any atom is -0.302 e. The van der Waals surface area contributed by atoms with Crippen molar-refractivity contribution < 1.29 is 8.42 Å². The molecule has 7 heteroatoms. The number of para-hydroxylation sites is 1. The fourth-order valence-corrected chi connectivity index (χ4v) is 5.22. The fraction of sp³-hybridized carbons (Fsp3) is 0.0556. The van der Waals surface area contributed by atoms with Crippen LogP contribution in [-0.4, -0.2) is 17.8 Å². The van der Waals surface area contributed by atoms with Gasteiger partial charge in [0.2, 0.25) is 0 Å². The second-order valence-corrected chi connectivity index (χ2v) is 8.49. The molecule has 0 amide bonds. The summed E-state index contributed by atoms with van der Waals surface area (Å²) in [5.74, 6) is 0. The van der Waals surface area contributed by atoms with E-state index in [9.17, 15) is 8.42 Å². The number of hydrogen-bond donors (Lipinski definition) is 0. The summed E-state index contributed by atoms with van der Waals surface area (Å²) in [4.78, 5) is 4.35. The smallest absolute Gasteiger partial charge is 0.274 e. The van der Waals surface area contributed by atoms with Gasteiger partial charge in [-0.1, -0.05) is 30.3 Å². The zero-order chi connectivity index (χ0) is 17.3. The normalized spacial score (nSPS) is 11.7. The minimum absolute atomic E-state index is 0.204. The number of fused-ring (bicyclic) bond motifs is 1. The lowest BCUT2D eigenvalue weighted by Crippen LogP contribution is -2.30. The summed E-state index contributed by atoms with van der Waals surface area (Å²) in [6.45, 7) is 0.204. The third-order valence-corrected chi connectivity index (χ3v) is 7.03. The highest BCUT2D eigenvalue weighted by atomic mass is 32.2. The molecule has 5 nitrogen and oxygen atoms in total. The summed E-state index contributed by atoms with van der Waals surface area (Å²) in [6, 6.07) is 18.2. The van der Waals surface area contributed by atoms with Gasteiger partial charge in [-0.15, -0.1) is 11.3 Å². The summed E-state index contributed by atoms with van der Waals surface area (Å²) in [6.07, 6.45) is 3.60. The van der Waals surface area contributed by atoms with Gasteiger partial charge in [-0.05, 0) is 35.7 Å². The first-order valence-electron chi connectivity index (χ1n) is 7.68. The molecule has 3 aromatic heterocycles. The highest BCUT2D eigenvalue weighted by molar-refractivity contribution is 7.94. The Balaban J connectivity index is 1.82. The van der Waals surface area contributed by atoms with Gasteiger partial charge in [0.15, 0.2) is 0 Å². The van der Waals surface area contributed by atoms with Crippen molar-refractivity contribution in [2.45, 2.75) is 10.8 Å². The zero-order valence-electron chi connectivity index (χ0n) is 13.2. The lowest BCUT2D eigenvalue weighted by molar-refractivity contribution is 0.592. The molecule has 126 valence electrons. The molecule has 1 aromatic carbocycles. The molecule has 4 aromatic rings. The van der Waals surface area contributed by atoms with E-state index in [-0.39, 0.29) is 6.54 Å². The number of rotatable bonds is 5. The lowest BCUT2D eigenvalue weighted by atomic mass is 10.3. The number of hydrogen-bond acceptors (Lipinski definition) is 4. The van der Waals surface area contributed by atoms with Crippen LogP contribution in [0.15, 0.2) is 82.6 Å². The van der Waals surface area contributed by atoms with Crippen molar-refractivity contribution in [2.24, 2.45) is 0 Å². The molecule has 4 rings (SSSR count). The predicted molar refractivity (Wildman–Crippen MR) is 99.3 cm³/mol. The molecule has 0 radical (unpaired) electrons. The number of thiophene rings is 1. The second kappa shape index (κ2) is 6.34. The van der Waals surface area contributed by atoms with E-state index in [1.54, 1.807) is 35.8 Å². The maximum Gasteiger partial charge on any atom is 0.274 e. The van der Waals surface area contributed by atoms with Gasteiger partial charge in [-0.25, -0.2) is 13.4 Å². The molecule has 0 aliphatic carbocycles. The summed E-state index contributed by atoms with van der Waals surface area (Å²) in [7, 11) is -3.64. The van der Waals surface area contributed by atoms with E-state index in [1.807, 2.05) is 47.0 Å². The Labute approximate surface area is 149 Å². The molecule has 0 aliphatic rings. The van der Waals surface area contributed by atoms with Crippen LogP contribution in [0.5, 0.6) is 0 Å². The SMILES string of the molecule is O=S(=O)(c1cccs1)N(Cc1cnc2ccccn12)c1ccccc1. The largest absolute Gasteiger partial charge is 0.302 e. The fourth-order valence-electron chi connectivity index (χ4n) is 2.68. The lowest BCUT2D eigenvalue weighted by Gasteiger charge is -2.23. The number of benzene rings is 1. The second-order valence-electron chi connectivity index (χ2n) is 5.46. The van der Waals surface area contributed by atoms with Gasteiger partial charge in [0, 0.05) is 6.20 Å². The van der Waals surface area contributed by atoms with Crippen LogP contribution in [0.25, 0.3) is 5.65 Å². The third-order valence-electron chi connectivity index (χ3n) is 3.88. The average Bonchev–Trinajstić information content (AvgIpc) is 3.31. The number of sulfonamides is 1. The first kappa shape index (κ1) is 15.9. The van der Waals surface area contributed by atoms with E-state index < -0.39 is 10.0 Å². The number of aromatic nitrogens is 2. The van der Waals surface area contributed by atoms with Gasteiger partial charge in [-0.3, -0.25) is 4.31 Å². The van der Waals surface area contributed by atoms with Crippen LogP contribution in [0, 0.1) is 0 Å². The summed E-state index contributed by atoms with van der Waals surface area (Å²) in [5, 5.41) is 1.77. The van der Waals surface area contributed by atoms with Crippen LogP contribution in [0.4, 0.5) is 5.69 Å². The highest BCUT2D eigenvalue weighted by Gasteiger charge is 2.27. The van der Waals surface area contributed by atoms with E-state index in [0.717, 1.165) is 11.3 Å². The Morgan fingerprint density at radius 3 is 2.56 bits per heavy atom. The maximum absolute atomic E-state index is 13.2. The molecule has 0 N–H and O–H groups in total. The van der Waals surface area contributed by atoms with Crippen molar-refractivity contribution in [3.05, 3.63) is 84.1 Å². The number of nitrogens with zero attached hydrogens (tertiary/aromatic N) is 3. The van der Waals surface area contributed by atoms with Crippen molar-refractivity contribution in [1.29, 1.82) is 0 Å². The summed E-state index contributed by atoms with van der Waals surface area (Å²) < 4.78 is 30.0. The molecule has 0 fully saturated rings. The standard InChI is InChI=1S/C18H15N3O2S2/c22-25(23,18-10-6-12-24-18)21(15-7-2-1-3-8-15)14-16-13-19-17-9-4-5-11-20(16)17/h1-13H,14H2. The van der Waals surface area contributed by atoms with Gasteiger partial charge < -0.3 is 4.40 Å². The van der Waals surface area contributed by atoms with E-state index >= 15 is 0 Å². The molecule has 0 unspecified atom stereocenters. The molecule has 0 saturated carbocycles. The Bertz CT molecular complexity index is 1090. The third kappa shape index (κ3) is 2.92. The van der Waals surface area contributed by atoms with Crippen molar-refractivity contribution in [1.82, 2.24) is 9.38 Å². The number of imidazole rings is 1. The molecular weight excluding hydrogens is 354 g/mol. The van der Waals surface area contributed by atoms with Crippen molar-refractivity contribution in [3.63, 3.8) is 0 Å². The van der Waals surface area contributed by atoms with Crippen LogP contribution in [-0.2, 0) is 16.6 Å². The molecule has 0 spiro atoms. The average molecular weight is 369 g/mol. The molecule has 0 saturated heterocycles. The van der Waals surface area contributed by atoms with Crippen LogP contribution in [0.1, 0.15) is 5.69 Å². The van der Waals surface area contributed by atoms with Crippen molar-refractivity contribution in [3.8, 4) is 0 Å². The Morgan fingerprint density at radius 2 is 1.80 bits per heavy atom. The highest BCUT2D eigenvalue weighted by Crippen LogP contribution is 2.28. The van der Waals surface area contributed by atoms with Crippen LogP contribution in [0.3, 0.4) is 0 Å². The predicted octanol–water partition coefficient (Wildman–Crippen LogP) is 3.79. The number of pyridine rings is 1. The Hall–Kier alpha value is -2.64. The quantitative estimate of drug-likeness (QED) is 0.538. The van der Waals surface area contributed by atoms with Gasteiger partial charge in [-0.2, -0.15) is 0 Å². The molecule has 3 heterocycles. The van der Waals surface area contributed by atoms with Crippen LogP contribution < -0.4 is 4.31 Å². The van der Waals surface area contributed by atoms with Crippen LogP contribution >= 0.6 is 11.3 Å². The van der Waals surface area contributed by atoms with Crippen molar-refractivity contribution >= 4 is 32.7 Å². The first-order valence-corrected chi connectivity index (χ1v) is 10.0. The number of anilines is 1. The first-order chi connectivity index (χ1) is 12.2. The molecular formula is C18H15N3O2S2. The van der Waals surface area contributed by atoms with Gasteiger partial charge in [0.25, 0.3) is 10.0 Å². The zero-order valence-corrected chi connectivity index (χ0v) is 14.8. The molecule has 0 aliphatic heterocycles. The monoisotopic (exact) mass is 369 g/mol. The van der Waals surface area contributed by atoms with Gasteiger partial charge in [0.1, 0.15) is 9.86 Å². The van der Waals surface area contributed by atoms with E-state index in [2.05, 4.69) is 4.98 Å². The van der Waals surface area contributed by atoms with Crippen LogP contribution in [0.2, 0.25) is 0 Å². The van der Waals surface area contributed by atoms with E-state index in [1.165, 1.54) is 15.6 Å². The minimum atomic E-state index is -3.64. The summed E-state index contributed by atoms with van der Waals surface area (Å²) >= 11 is 1.22. The topological polar surface area (TPSA) is 54.7 Å². The molecule has 25 heavy (non-hydrogen) atoms. The van der Waals surface area contributed by atoms with Crippen molar-refractivity contribution in [2.75, 3.05) is 4.31 Å². The van der Waals surface area contributed by atoms with Gasteiger partial charge in [0.05, 0.1) is 24.1 Å². The maximum atomic E-state index is 13.2. The Morgan fingerprint density at radius 1 is 1.00 bits per heavy atom. The molecule has 0 atom stereocenters. The van der Waals surface area contributed by atoms with E-state index in [0.29, 0.717) is 9.90 Å².